The van der Waals surface area contributed by atoms with E-state index in [9.17, 15) is 14.2 Å². The predicted molar refractivity (Wildman–Crippen MR) is 170 cm³/mol. The normalized spacial score (nSPS) is 12.8. The minimum Gasteiger partial charge on any atom is -0.462 e. The first-order chi connectivity index (χ1) is 20.3. The quantitative estimate of drug-likeness (QED) is 0.0355. The average molecular weight is 617 g/mol. The van der Waals surface area contributed by atoms with Crippen LogP contribution in [-0.2, 0) is 28.2 Å². The third-order valence-electron chi connectivity index (χ3n) is 6.97. The molecule has 0 heterocycles. The van der Waals surface area contributed by atoms with Crippen molar-refractivity contribution in [1.29, 1.82) is 0 Å². The molecule has 0 aliphatic carbocycles. The van der Waals surface area contributed by atoms with E-state index in [1.165, 1.54) is 57.8 Å². The number of carbonyl (C=O) groups is 2. The zero-order chi connectivity index (χ0) is 31.2. The summed E-state index contributed by atoms with van der Waals surface area (Å²) in [7, 11) is -4.74. The van der Waals surface area contributed by atoms with Gasteiger partial charge in [0, 0.05) is 12.8 Å². The molecule has 0 aliphatic heterocycles. The average Bonchev–Trinajstić information content (AvgIpc) is 2.95. The van der Waals surface area contributed by atoms with Crippen LogP contribution in [0.3, 0.4) is 0 Å². The van der Waals surface area contributed by atoms with Crippen molar-refractivity contribution in [2.45, 2.75) is 161 Å². The van der Waals surface area contributed by atoms with E-state index in [0.29, 0.717) is 6.42 Å². The van der Waals surface area contributed by atoms with Gasteiger partial charge in [0.05, 0.1) is 6.61 Å². The largest absolute Gasteiger partial charge is 0.469 e. The number of phosphoric ester groups is 1. The lowest BCUT2D eigenvalue weighted by atomic mass is 10.1. The van der Waals surface area contributed by atoms with E-state index in [1.54, 1.807) is 0 Å². The Bertz CT molecular complexity index is 746. The van der Waals surface area contributed by atoms with Gasteiger partial charge in [-0.1, -0.05) is 122 Å². The van der Waals surface area contributed by atoms with Gasteiger partial charge in [-0.15, -0.1) is 0 Å². The highest BCUT2D eigenvalue weighted by molar-refractivity contribution is 7.46. The Balaban J connectivity index is 3.94. The minimum absolute atomic E-state index is 0.204. The van der Waals surface area contributed by atoms with Crippen molar-refractivity contribution < 1.29 is 37.9 Å². The molecule has 0 aromatic rings. The zero-order valence-electron chi connectivity index (χ0n) is 26.6. The summed E-state index contributed by atoms with van der Waals surface area (Å²) in [4.78, 5) is 42.3. The van der Waals surface area contributed by atoms with E-state index in [4.69, 9.17) is 19.3 Å². The highest BCUT2D eigenvalue weighted by Gasteiger charge is 2.22. The molecule has 0 aromatic heterocycles. The van der Waals surface area contributed by atoms with Crippen molar-refractivity contribution in [2.75, 3.05) is 13.2 Å². The number of carbonyl (C=O) groups excluding carboxylic acids is 2. The number of hydrogen-bond donors (Lipinski definition) is 2. The topological polar surface area (TPSA) is 119 Å². The van der Waals surface area contributed by atoms with Crippen molar-refractivity contribution >= 4 is 19.8 Å². The smallest absolute Gasteiger partial charge is 0.462 e. The molecule has 0 bridgehead atoms. The van der Waals surface area contributed by atoms with Gasteiger partial charge in [0.25, 0.3) is 0 Å². The van der Waals surface area contributed by atoms with Crippen LogP contribution in [0.15, 0.2) is 24.3 Å². The van der Waals surface area contributed by atoms with Crippen molar-refractivity contribution in [2.24, 2.45) is 0 Å². The summed E-state index contributed by atoms with van der Waals surface area (Å²) in [5.41, 5.74) is 0. The van der Waals surface area contributed by atoms with Crippen molar-refractivity contribution in [1.82, 2.24) is 0 Å². The number of hydrogen-bond acceptors (Lipinski definition) is 6. The number of ether oxygens (including phenoxy) is 2. The van der Waals surface area contributed by atoms with Crippen LogP contribution in [0, 0.1) is 0 Å². The Morgan fingerprint density at radius 2 is 1.07 bits per heavy atom. The summed E-state index contributed by atoms with van der Waals surface area (Å²) < 4.78 is 26.1. The molecule has 42 heavy (non-hydrogen) atoms. The molecule has 0 spiro atoms. The summed E-state index contributed by atoms with van der Waals surface area (Å²) in [5.74, 6) is -0.904. The van der Waals surface area contributed by atoms with Crippen LogP contribution >= 0.6 is 7.82 Å². The van der Waals surface area contributed by atoms with E-state index in [-0.39, 0.29) is 19.4 Å². The summed E-state index contributed by atoms with van der Waals surface area (Å²) in [6, 6.07) is 0. The zero-order valence-corrected chi connectivity index (χ0v) is 27.5. The lowest BCUT2D eigenvalue weighted by Gasteiger charge is -2.18. The predicted octanol–water partition coefficient (Wildman–Crippen LogP) is 9.29. The summed E-state index contributed by atoms with van der Waals surface area (Å²) in [6.07, 6.45) is 30.7. The molecule has 246 valence electrons. The number of unbranched alkanes of at least 4 members (excludes halogenated alkanes) is 16. The summed E-state index contributed by atoms with van der Waals surface area (Å²) in [5, 5.41) is 0. The van der Waals surface area contributed by atoms with Gasteiger partial charge in [-0.2, -0.15) is 0 Å². The molecule has 0 saturated carbocycles. The van der Waals surface area contributed by atoms with Gasteiger partial charge in [0.2, 0.25) is 0 Å². The van der Waals surface area contributed by atoms with Gasteiger partial charge in [-0.25, -0.2) is 4.57 Å². The Hall–Kier alpha value is -1.47. The first-order valence-corrected chi connectivity index (χ1v) is 18.2. The summed E-state index contributed by atoms with van der Waals surface area (Å²) in [6.45, 7) is 3.56. The second kappa shape index (κ2) is 29.6. The van der Waals surface area contributed by atoms with Crippen molar-refractivity contribution in [3.63, 3.8) is 0 Å². The lowest BCUT2D eigenvalue weighted by Crippen LogP contribution is -2.29. The fraction of sp³-hybridized carbons (Fsp3) is 0.818. The molecule has 0 fully saturated rings. The number of allylic oxidation sites excluding steroid dienone is 4. The van der Waals surface area contributed by atoms with Crippen LogP contribution in [0.5, 0.6) is 0 Å². The second-order valence-corrected chi connectivity index (χ2v) is 12.4. The monoisotopic (exact) mass is 616 g/mol. The molecule has 0 saturated heterocycles. The molecule has 0 amide bonds. The van der Waals surface area contributed by atoms with Gasteiger partial charge in [-0.05, 0) is 44.9 Å². The highest BCUT2D eigenvalue weighted by atomic mass is 31.2. The Kier molecular flexibility index (Phi) is 28.6. The molecule has 0 radical (unpaired) electrons. The molecule has 1 atom stereocenters. The Morgan fingerprint density at radius 1 is 0.619 bits per heavy atom. The fourth-order valence-electron chi connectivity index (χ4n) is 4.46. The van der Waals surface area contributed by atoms with Gasteiger partial charge < -0.3 is 19.3 Å². The molecule has 0 aliphatic rings. The maximum Gasteiger partial charge on any atom is 0.469 e. The van der Waals surface area contributed by atoms with Crippen LogP contribution < -0.4 is 0 Å². The molecule has 2 N–H and O–H groups in total. The molecular formula is C33H61O8P. The Labute approximate surface area is 256 Å². The van der Waals surface area contributed by atoms with E-state index in [0.717, 1.165) is 64.2 Å². The molecular weight excluding hydrogens is 555 g/mol. The Morgan fingerprint density at radius 3 is 1.60 bits per heavy atom. The highest BCUT2D eigenvalue weighted by Crippen LogP contribution is 2.35. The van der Waals surface area contributed by atoms with Gasteiger partial charge in [0.15, 0.2) is 6.10 Å². The minimum atomic E-state index is -4.74. The van der Waals surface area contributed by atoms with Crippen molar-refractivity contribution in [3.8, 4) is 0 Å². The molecule has 0 rings (SSSR count). The van der Waals surface area contributed by atoms with Gasteiger partial charge in [-0.3, -0.25) is 14.1 Å². The second-order valence-electron chi connectivity index (χ2n) is 11.1. The molecule has 1 unspecified atom stereocenters. The molecule has 9 heteroatoms. The standard InChI is InChI=1S/C33H61O8P/c1-3-5-7-9-11-12-13-14-15-16-17-18-19-20-21-22-24-26-28-33(35)41-31(30-40-42(36,37)38)29-39-32(34)27-25-23-10-8-6-4-2/h12-13,15-16,31H,3-11,14,17-30H2,1-2H3,(H2,36,37,38)/b13-12-,16-15-. The van der Waals surface area contributed by atoms with Crippen molar-refractivity contribution in [3.05, 3.63) is 24.3 Å². The maximum absolute atomic E-state index is 12.3. The molecule has 8 nitrogen and oxygen atoms in total. The third-order valence-corrected chi connectivity index (χ3v) is 7.46. The van der Waals surface area contributed by atoms with E-state index < -0.39 is 32.5 Å². The van der Waals surface area contributed by atoms with Gasteiger partial charge in [0.1, 0.15) is 6.61 Å². The third kappa shape index (κ3) is 31.5. The van der Waals surface area contributed by atoms with E-state index >= 15 is 0 Å². The van der Waals surface area contributed by atoms with E-state index in [2.05, 4.69) is 42.7 Å². The van der Waals surface area contributed by atoms with E-state index in [1.807, 2.05) is 0 Å². The summed E-state index contributed by atoms with van der Waals surface area (Å²) >= 11 is 0. The first kappa shape index (κ1) is 40.5. The SMILES string of the molecule is CCCCCC/C=C\C/C=C\CCCCCCCCCC(=O)OC(COC(=O)CCCCCCCC)COP(=O)(O)O. The first-order valence-electron chi connectivity index (χ1n) is 16.6. The number of esters is 2. The fourth-order valence-corrected chi connectivity index (χ4v) is 4.82. The van der Waals surface area contributed by atoms with Crippen LogP contribution in [-0.4, -0.2) is 41.0 Å². The molecule has 0 aromatic carbocycles. The van der Waals surface area contributed by atoms with Crippen LogP contribution in [0.4, 0.5) is 0 Å². The van der Waals surface area contributed by atoms with Crippen LogP contribution in [0.2, 0.25) is 0 Å². The number of phosphoric acid groups is 1. The number of rotatable bonds is 30. The maximum atomic E-state index is 12.3. The lowest BCUT2D eigenvalue weighted by molar-refractivity contribution is -0.161. The van der Waals surface area contributed by atoms with Crippen LogP contribution in [0.1, 0.15) is 155 Å². The van der Waals surface area contributed by atoms with Gasteiger partial charge >= 0.3 is 19.8 Å². The van der Waals surface area contributed by atoms with Crippen LogP contribution in [0.25, 0.3) is 0 Å².